The normalized spacial score (nSPS) is 12.2. The summed E-state index contributed by atoms with van der Waals surface area (Å²) < 4.78 is 14.2. The molecule has 2 aromatic heterocycles. The molecule has 2 N–H and O–H groups in total. The molecule has 0 saturated heterocycles. The number of benzene rings is 4. The molecule has 1 aliphatic rings. The van der Waals surface area contributed by atoms with Crippen molar-refractivity contribution >= 4 is 33.5 Å². The number of nitrogens with zero attached hydrogens (tertiary/aromatic N) is 2. The summed E-state index contributed by atoms with van der Waals surface area (Å²) in [6, 6.07) is 27.1. The highest BCUT2D eigenvalue weighted by atomic mass is 16.5. The van der Waals surface area contributed by atoms with E-state index in [-0.39, 0.29) is 48.9 Å². The standard InChI is InChI=1S/C36H30N2O6/c1-3-43-35(41)31-25-19-30-26(20-29(25)37(33(31)39)27-17-9-13-21-11-5-7-15-23(21)27)32(36(42)44-4-2)34(40)38(30)28-18-10-14-22-12-6-8-16-24(22)28/h5-18,39-40H,3-4,19-20H2,1-2H3. The lowest BCUT2D eigenvalue weighted by Crippen LogP contribution is -2.16. The van der Waals surface area contributed by atoms with Crippen molar-refractivity contribution in [3.8, 4) is 23.1 Å². The quantitative estimate of drug-likeness (QED) is 0.207. The predicted octanol–water partition coefficient (Wildman–Crippen LogP) is 6.83. The Labute approximate surface area is 253 Å². The van der Waals surface area contributed by atoms with Crippen LogP contribution in [-0.4, -0.2) is 44.5 Å². The minimum atomic E-state index is -0.637. The highest BCUT2D eigenvalue weighted by Crippen LogP contribution is 2.45. The van der Waals surface area contributed by atoms with Gasteiger partial charge in [-0.1, -0.05) is 72.8 Å². The van der Waals surface area contributed by atoms with Gasteiger partial charge in [-0.3, -0.25) is 9.13 Å². The molecule has 0 spiro atoms. The summed E-state index contributed by atoms with van der Waals surface area (Å²) in [4.78, 5) is 26.9. The number of hydrogen-bond donors (Lipinski definition) is 2. The maximum absolute atomic E-state index is 13.4. The van der Waals surface area contributed by atoms with Gasteiger partial charge < -0.3 is 19.7 Å². The Morgan fingerprint density at radius 2 is 1.00 bits per heavy atom. The molecule has 0 radical (unpaired) electrons. The largest absolute Gasteiger partial charge is 0.494 e. The van der Waals surface area contributed by atoms with Crippen LogP contribution in [0.15, 0.2) is 84.9 Å². The summed E-state index contributed by atoms with van der Waals surface area (Å²) in [6.07, 6.45) is 0.306. The number of esters is 2. The summed E-state index contributed by atoms with van der Waals surface area (Å²) in [5.41, 5.74) is 3.95. The lowest BCUT2D eigenvalue weighted by Gasteiger charge is -2.21. The molecule has 8 heteroatoms. The monoisotopic (exact) mass is 586 g/mol. The lowest BCUT2D eigenvalue weighted by molar-refractivity contribution is 0.0511. The number of aromatic nitrogens is 2. The number of aromatic hydroxyl groups is 2. The number of fused-ring (bicyclic) bond motifs is 4. The zero-order valence-electron chi connectivity index (χ0n) is 24.3. The Hall–Kier alpha value is -5.50. The first kappa shape index (κ1) is 27.3. The molecular formula is C36H30N2O6. The van der Waals surface area contributed by atoms with Crippen molar-refractivity contribution in [2.45, 2.75) is 26.7 Å². The second-order valence-corrected chi connectivity index (χ2v) is 10.7. The molecule has 6 aromatic rings. The molecule has 0 unspecified atom stereocenters. The van der Waals surface area contributed by atoms with E-state index in [1.165, 1.54) is 0 Å². The molecule has 0 atom stereocenters. The van der Waals surface area contributed by atoms with E-state index in [0.717, 1.165) is 21.5 Å². The van der Waals surface area contributed by atoms with Crippen LogP contribution in [0.5, 0.6) is 11.8 Å². The maximum Gasteiger partial charge on any atom is 0.343 e. The third kappa shape index (κ3) is 4.06. The first-order chi connectivity index (χ1) is 21.4. The van der Waals surface area contributed by atoms with Crippen molar-refractivity contribution in [3.63, 3.8) is 0 Å². The van der Waals surface area contributed by atoms with Crippen LogP contribution in [0.1, 0.15) is 57.1 Å². The van der Waals surface area contributed by atoms with Crippen LogP contribution in [-0.2, 0) is 22.3 Å². The second kappa shape index (κ2) is 10.6. The molecule has 7 rings (SSSR count). The van der Waals surface area contributed by atoms with Crippen molar-refractivity contribution in [2.24, 2.45) is 0 Å². The van der Waals surface area contributed by atoms with E-state index < -0.39 is 11.9 Å². The molecule has 0 bridgehead atoms. The molecule has 0 aliphatic heterocycles. The Morgan fingerprint density at radius 3 is 1.41 bits per heavy atom. The number of carbonyl (C=O) groups is 2. The van der Waals surface area contributed by atoms with Crippen LogP contribution in [0.4, 0.5) is 0 Å². The van der Waals surface area contributed by atoms with Gasteiger partial charge >= 0.3 is 11.9 Å². The van der Waals surface area contributed by atoms with Crippen molar-refractivity contribution in [2.75, 3.05) is 13.2 Å². The molecule has 4 aromatic carbocycles. The van der Waals surface area contributed by atoms with Gasteiger partial charge in [0.05, 0.1) is 24.6 Å². The smallest absolute Gasteiger partial charge is 0.343 e. The molecule has 1 aliphatic carbocycles. The van der Waals surface area contributed by atoms with Gasteiger partial charge in [0.25, 0.3) is 0 Å². The van der Waals surface area contributed by atoms with Gasteiger partial charge in [-0.25, -0.2) is 9.59 Å². The molecule has 0 fully saturated rings. The first-order valence-electron chi connectivity index (χ1n) is 14.7. The third-order valence-electron chi connectivity index (χ3n) is 8.37. The van der Waals surface area contributed by atoms with Crippen molar-refractivity contribution in [1.82, 2.24) is 9.13 Å². The van der Waals surface area contributed by atoms with Gasteiger partial charge in [0.1, 0.15) is 11.1 Å². The summed E-state index contributed by atoms with van der Waals surface area (Å²) in [6.45, 7) is 3.71. The predicted molar refractivity (Wildman–Crippen MR) is 167 cm³/mol. The van der Waals surface area contributed by atoms with E-state index in [1.54, 1.807) is 23.0 Å². The van der Waals surface area contributed by atoms with Crippen LogP contribution < -0.4 is 0 Å². The van der Waals surface area contributed by atoms with E-state index in [2.05, 4.69) is 0 Å². The fourth-order valence-electron chi connectivity index (χ4n) is 6.56. The van der Waals surface area contributed by atoms with Crippen LogP contribution in [0, 0.1) is 0 Å². The number of carbonyl (C=O) groups excluding carboxylic acids is 2. The summed E-state index contributed by atoms with van der Waals surface area (Å²) in [5.74, 6) is -1.73. The fourth-order valence-corrected chi connectivity index (χ4v) is 6.56. The van der Waals surface area contributed by atoms with Crippen LogP contribution in [0.3, 0.4) is 0 Å². The highest BCUT2D eigenvalue weighted by molar-refractivity contribution is 5.99. The number of rotatable bonds is 6. The van der Waals surface area contributed by atoms with E-state index in [9.17, 15) is 19.8 Å². The molecule has 44 heavy (non-hydrogen) atoms. The molecular weight excluding hydrogens is 556 g/mol. The van der Waals surface area contributed by atoms with Gasteiger partial charge in [-0.15, -0.1) is 0 Å². The maximum atomic E-state index is 13.4. The molecule has 220 valence electrons. The Balaban J connectivity index is 1.53. The Kier molecular flexibility index (Phi) is 6.62. The summed E-state index contributed by atoms with van der Waals surface area (Å²) in [7, 11) is 0. The van der Waals surface area contributed by atoms with Gasteiger partial charge in [-0.2, -0.15) is 0 Å². The van der Waals surface area contributed by atoms with Crippen molar-refractivity contribution in [1.29, 1.82) is 0 Å². The number of ether oxygens (including phenoxy) is 2. The molecule has 0 amide bonds. The van der Waals surface area contributed by atoms with Crippen LogP contribution in [0.25, 0.3) is 32.9 Å². The zero-order valence-corrected chi connectivity index (χ0v) is 24.3. The summed E-state index contributed by atoms with van der Waals surface area (Å²) >= 11 is 0. The van der Waals surface area contributed by atoms with Gasteiger partial charge in [0, 0.05) is 35.0 Å². The average molecular weight is 587 g/mol. The van der Waals surface area contributed by atoms with Crippen molar-refractivity contribution < 1.29 is 29.3 Å². The van der Waals surface area contributed by atoms with E-state index >= 15 is 0 Å². The van der Waals surface area contributed by atoms with E-state index in [4.69, 9.17) is 9.47 Å². The highest BCUT2D eigenvalue weighted by Gasteiger charge is 2.38. The van der Waals surface area contributed by atoms with Gasteiger partial charge in [0.15, 0.2) is 0 Å². The van der Waals surface area contributed by atoms with E-state index in [1.807, 2.05) is 84.9 Å². The Bertz CT molecular complexity index is 1960. The third-order valence-corrected chi connectivity index (χ3v) is 8.37. The van der Waals surface area contributed by atoms with Gasteiger partial charge in [0.2, 0.25) is 11.8 Å². The van der Waals surface area contributed by atoms with Crippen molar-refractivity contribution in [3.05, 3.63) is 119 Å². The van der Waals surface area contributed by atoms with Crippen LogP contribution >= 0.6 is 0 Å². The minimum absolute atomic E-state index is 0.0725. The fraction of sp³-hybridized carbons (Fsp3) is 0.167. The van der Waals surface area contributed by atoms with Gasteiger partial charge in [-0.05, 0) is 47.9 Å². The Morgan fingerprint density at radius 1 is 0.614 bits per heavy atom. The topological polar surface area (TPSA) is 103 Å². The summed E-state index contributed by atoms with van der Waals surface area (Å²) in [5, 5.41) is 27.2. The first-order valence-corrected chi connectivity index (χ1v) is 14.7. The van der Waals surface area contributed by atoms with Crippen LogP contribution in [0.2, 0.25) is 0 Å². The second-order valence-electron chi connectivity index (χ2n) is 10.7. The molecule has 8 nitrogen and oxygen atoms in total. The molecule has 0 saturated carbocycles. The number of hydrogen-bond acceptors (Lipinski definition) is 6. The van der Waals surface area contributed by atoms with E-state index in [0.29, 0.717) is 33.9 Å². The SMILES string of the molecule is CCOC(=O)c1c2c(n(-c3cccc4ccccc34)c1O)Cc1c(C(=O)OCC)c(O)n(-c3cccc4ccccc34)c1C2. The molecule has 2 heterocycles. The lowest BCUT2D eigenvalue weighted by atomic mass is 9.90. The minimum Gasteiger partial charge on any atom is -0.494 e. The average Bonchev–Trinajstić information content (AvgIpc) is 3.48. The zero-order chi connectivity index (χ0) is 30.5.